The Kier molecular flexibility index (Phi) is 3.63. The summed E-state index contributed by atoms with van der Waals surface area (Å²) in [7, 11) is 1.91. The maximum absolute atomic E-state index is 6.07. The van der Waals surface area contributed by atoms with Crippen molar-refractivity contribution in [3.63, 3.8) is 0 Å². The highest BCUT2D eigenvalue weighted by Gasteiger charge is 2.19. The monoisotopic (exact) mass is 410 g/mol. The Morgan fingerprint density at radius 2 is 1.57 bits per heavy atom. The van der Waals surface area contributed by atoms with Crippen molar-refractivity contribution in [1.82, 2.24) is 29.7 Å². The number of pyridine rings is 2. The molecule has 7 heteroatoms. The van der Waals surface area contributed by atoms with Crippen molar-refractivity contribution in [3.8, 4) is 22.6 Å². The Balaban J connectivity index is 1.67. The third-order valence-electron chi connectivity index (χ3n) is 5.27. The summed E-state index contributed by atoms with van der Waals surface area (Å²) in [5.74, 6) is 0.754. The highest BCUT2D eigenvalue weighted by Crippen LogP contribution is 2.35. The molecular weight excluding hydrogens is 396 g/mol. The van der Waals surface area contributed by atoms with Crippen LogP contribution in [0, 0.1) is 0 Å². The second-order valence-electron chi connectivity index (χ2n) is 7.18. The summed E-state index contributed by atoms with van der Waals surface area (Å²) in [6.45, 7) is 0. The Morgan fingerprint density at radius 1 is 0.867 bits per heavy atom. The molecule has 2 aromatic carbocycles. The number of rotatable bonds is 2. The number of nitrogens with zero attached hydrogens (tertiary/aromatic N) is 5. The number of aryl methyl sites for hydroxylation is 1. The van der Waals surface area contributed by atoms with Gasteiger partial charge in [0.15, 0.2) is 0 Å². The first kappa shape index (κ1) is 17.1. The molecule has 144 valence electrons. The molecule has 1 N–H and O–H groups in total. The molecule has 0 amide bonds. The number of fused-ring (bicyclic) bond motifs is 6. The topological polar surface area (TPSA) is 72.3 Å². The standard InChI is InChI=1S/C23H15ClN6/c1-30-12-17(18(29-30)13-6-8-14(24)9-7-13)23-27-21-15-4-2-10-25-19(15)20-16(22(21)28-23)5-3-11-26-20/h2-12H,1H3,(H,27,28). The summed E-state index contributed by atoms with van der Waals surface area (Å²) in [6.07, 6.45) is 5.55. The summed E-state index contributed by atoms with van der Waals surface area (Å²) in [5.41, 5.74) is 6.28. The van der Waals surface area contributed by atoms with Gasteiger partial charge >= 0.3 is 0 Å². The first-order valence-corrected chi connectivity index (χ1v) is 9.88. The van der Waals surface area contributed by atoms with Crippen molar-refractivity contribution in [1.29, 1.82) is 0 Å². The lowest BCUT2D eigenvalue weighted by Crippen LogP contribution is -1.87. The van der Waals surface area contributed by atoms with Crippen LogP contribution in [-0.4, -0.2) is 29.7 Å². The van der Waals surface area contributed by atoms with E-state index in [9.17, 15) is 0 Å². The fraction of sp³-hybridized carbons (Fsp3) is 0.0435. The number of aromatic nitrogens is 6. The molecule has 0 aliphatic rings. The lowest BCUT2D eigenvalue weighted by atomic mass is 10.1. The molecule has 0 spiro atoms. The average Bonchev–Trinajstić information content (AvgIpc) is 3.39. The second-order valence-corrected chi connectivity index (χ2v) is 7.62. The SMILES string of the molecule is Cn1cc(-c2nc3c4cccnc4c4ncccc4c3[nH]2)c(-c2ccc(Cl)cc2)n1. The van der Waals surface area contributed by atoms with Gasteiger partial charge in [-0.25, -0.2) is 4.98 Å². The predicted octanol–water partition coefficient (Wildman–Crippen LogP) is 5.38. The molecule has 0 unspecified atom stereocenters. The van der Waals surface area contributed by atoms with Crippen LogP contribution in [0.5, 0.6) is 0 Å². The third-order valence-corrected chi connectivity index (χ3v) is 5.52. The van der Waals surface area contributed by atoms with Gasteiger partial charge in [0.1, 0.15) is 11.5 Å². The van der Waals surface area contributed by atoms with Crippen molar-refractivity contribution in [2.24, 2.45) is 7.05 Å². The van der Waals surface area contributed by atoms with Crippen LogP contribution < -0.4 is 0 Å². The minimum atomic E-state index is 0.693. The molecule has 0 saturated heterocycles. The van der Waals surface area contributed by atoms with E-state index in [0.717, 1.165) is 55.5 Å². The number of aromatic amines is 1. The number of imidazole rings is 1. The Hall–Kier alpha value is -3.77. The van der Waals surface area contributed by atoms with E-state index in [0.29, 0.717) is 5.02 Å². The first-order chi connectivity index (χ1) is 14.7. The van der Waals surface area contributed by atoms with Crippen molar-refractivity contribution >= 4 is 44.4 Å². The molecular formula is C23H15ClN6. The Bertz CT molecular complexity index is 1490. The van der Waals surface area contributed by atoms with Gasteiger partial charge in [0.2, 0.25) is 0 Å². The summed E-state index contributed by atoms with van der Waals surface area (Å²) in [4.78, 5) is 17.7. The van der Waals surface area contributed by atoms with Crippen LogP contribution in [-0.2, 0) is 7.05 Å². The zero-order valence-corrected chi connectivity index (χ0v) is 16.7. The van der Waals surface area contributed by atoms with Gasteiger partial charge < -0.3 is 4.98 Å². The van der Waals surface area contributed by atoms with Crippen LogP contribution in [0.4, 0.5) is 0 Å². The van der Waals surface area contributed by atoms with E-state index in [-0.39, 0.29) is 0 Å². The van der Waals surface area contributed by atoms with E-state index in [4.69, 9.17) is 16.6 Å². The molecule has 0 aliphatic heterocycles. The van der Waals surface area contributed by atoms with Crippen molar-refractivity contribution in [2.75, 3.05) is 0 Å². The fourth-order valence-electron chi connectivity index (χ4n) is 3.95. The summed E-state index contributed by atoms with van der Waals surface area (Å²) in [6, 6.07) is 15.6. The van der Waals surface area contributed by atoms with Gasteiger partial charge in [-0.2, -0.15) is 5.10 Å². The molecule has 4 heterocycles. The van der Waals surface area contributed by atoms with E-state index < -0.39 is 0 Å². The summed E-state index contributed by atoms with van der Waals surface area (Å²) in [5, 5.41) is 7.33. The second kappa shape index (κ2) is 6.37. The number of benzene rings is 2. The van der Waals surface area contributed by atoms with Crippen molar-refractivity contribution < 1.29 is 0 Å². The van der Waals surface area contributed by atoms with E-state index in [1.807, 2.05) is 61.8 Å². The maximum atomic E-state index is 6.07. The van der Waals surface area contributed by atoms with E-state index in [1.54, 1.807) is 17.1 Å². The summed E-state index contributed by atoms with van der Waals surface area (Å²) >= 11 is 6.07. The molecule has 30 heavy (non-hydrogen) atoms. The highest BCUT2D eigenvalue weighted by molar-refractivity contribution is 6.30. The van der Waals surface area contributed by atoms with Gasteiger partial charge in [0, 0.05) is 47.0 Å². The van der Waals surface area contributed by atoms with Gasteiger partial charge in [0.25, 0.3) is 0 Å². The van der Waals surface area contributed by atoms with E-state index in [1.165, 1.54) is 0 Å². The van der Waals surface area contributed by atoms with Gasteiger partial charge in [-0.15, -0.1) is 0 Å². The molecule has 0 fully saturated rings. The predicted molar refractivity (Wildman–Crippen MR) is 119 cm³/mol. The van der Waals surface area contributed by atoms with Crippen LogP contribution >= 0.6 is 11.6 Å². The number of halogens is 1. The average molecular weight is 411 g/mol. The molecule has 0 atom stereocenters. The minimum Gasteiger partial charge on any atom is -0.337 e. The van der Waals surface area contributed by atoms with Gasteiger partial charge in [0.05, 0.1) is 27.6 Å². The lowest BCUT2D eigenvalue weighted by molar-refractivity contribution is 0.771. The molecule has 0 radical (unpaired) electrons. The Morgan fingerprint density at radius 3 is 2.33 bits per heavy atom. The number of hydrogen-bond donors (Lipinski definition) is 1. The Labute approximate surface area is 176 Å². The normalized spacial score (nSPS) is 11.7. The molecule has 0 saturated carbocycles. The molecule has 4 aromatic heterocycles. The van der Waals surface area contributed by atoms with Crippen LogP contribution in [0.2, 0.25) is 5.02 Å². The number of hydrogen-bond acceptors (Lipinski definition) is 4. The van der Waals surface area contributed by atoms with Crippen LogP contribution in [0.15, 0.2) is 67.1 Å². The quantitative estimate of drug-likeness (QED) is 0.389. The molecule has 0 aliphatic carbocycles. The van der Waals surface area contributed by atoms with Crippen LogP contribution in [0.3, 0.4) is 0 Å². The molecule has 6 rings (SSSR count). The van der Waals surface area contributed by atoms with Crippen molar-refractivity contribution in [2.45, 2.75) is 0 Å². The third kappa shape index (κ3) is 2.51. The largest absolute Gasteiger partial charge is 0.337 e. The fourth-order valence-corrected chi connectivity index (χ4v) is 4.08. The first-order valence-electron chi connectivity index (χ1n) is 9.50. The maximum Gasteiger partial charge on any atom is 0.142 e. The molecule has 0 bridgehead atoms. The van der Waals surface area contributed by atoms with Crippen molar-refractivity contribution in [3.05, 3.63) is 72.1 Å². The molecule has 6 aromatic rings. The van der Waals surface area contributed by atoms with Gasteiger partial charge in [-0.3, -0.25) is 14.6 Å². The smallest absolute Gasteiger partial charge is 0.142 e. The number of nitrogens with one attached hydrogen (secondary N) is 1. The van der Waals surface area contributed by atoms with Gasteiger partial charge in [-0.1, -0.05) is 23.7 Å². The lowest BCUT2D eigenvalue weighted by Gasteiger charge is -2.03. The molecule has 6 nitrogen and oxygen atoms in total. The highest BCUT2D eigenvalue weighted by atomic mass is 35.5. The summed E-state index contributed by atoms with van der Waals surface area (Å²) < 4.78 is 1.80. The number of H-pyrrole nitrogens is 1. The van der Waals surface area contributed by atoms with E-state index >= 15 is 0 Å². The minimum absolute atomic E-state index is 0.693. The zero-order chi connectivity index (χ0) is 20.2. The zero-order valence-electron chi connectivity index (χ0n) is 16.0. The van der Waals surface area contributed by atoms with Crippen LogP contribution in [0.1, 0.15) is 0 Å². The van der Waals surface area contributed by atoms with E-state index in [2.05, 4.69) is 20.1 Å². The van der Waals surface area contributed by atoms with Crippen LogP contribution in [0.25, 0.3) is 55.5 Å². The van der Waals surface area contributed by atoms with Gasteiger partial charge in [-0.05, 0) is 36.4 Å².